The Labute approximate surface area is 238 Å². The van der Waals surface area contributed by atoms with E-state index in [4.69, 9.17) is 4.74 Å². The molecule has 39 heavy (non-hydrogen) atoms. The molecule has 3 aromatic rings. The number of allylic oxidation sites excluding steroid dienone is 4. The van der Waals surface area contributed by atoms with Crippen LogP contribution in [-0.2, 0) is 4.74 Å². The number of nitrogens with one attached hydrogen (secondary N) is 1. The Balaban J connectivity index is 0.000000815. The normalized spacial score (nSPS) is 13.5. The third kappa shape index (κ3) is 8.25. The first-order valence-electron chi connectivity index (χ1n) is 13.3. The van der Waals surface area contributed by atoms with Gasteiger partial charge in [-0.1, -0.05) is 58.4 Å². The van der Waals surface area contributed by atoms with Crippen molar-refractivity contribution in [3.63, 3.8) is 0 Å². The third-order valence-electron chi connectivity index (χ3n) is 5.94. The van der Waals surface area contributed by atoms with Gasteiger partial charge in [-0.15, -0.1) is 0 Å². The number of carbonyl (C=O) groups excluding carboxylic acids is 1. The molecule has 210 valence electrons. The number of hydrogen-bond donors (Lipinski definition) is 3. The summed E-state index contributed by atoms with van der Waals surface area (Å²) in [6, 6.07) is 7.20. The highest BCUT2D eigenvalue weighted by molar-refractivity contribution is 7.77. The van der Waals surface area contributed by atoms with E-state index in [-0.39, 0.29) is 11.7 Å². The molecule has 1 fully saturated rings. The van der Waals surface area contributed by atoms with Crippen LogP contribution in [0.2, 0.25) is 0 Å². The lowest BCUT2D eigenvalue weighted by Gasteiger charge is -2.16. The molecule has 1 amide bonds. The Bertz CT molecular complexity index is 1300. The highest BCUT2D eigenvalue weighted by Crippen LogP contribution is 2.34. The Kier molecular flexibility index (Phi) is 12.9. The van der Waals surface area contributed by atoms with Gasteiger partial charge < -0.3 is 19.7 Å². The molecule has 0 bridgehead atoms. The van der Waals surface area contributed by atoms with E-state index in [0.29, 0.717) is 5.56 Å². The molecule has 3 heterocycles. The van der Waals surface area contributed by atoms with Crippen LogP contribution in [0.5, 0.6) is 5.75 Å². The van der Waals surface area contributed by atoms with Crippen molar-refractivity contribution >= 4 is 35.3 Å². The number of methoxy groups -OCH3 is 1. The number of carbonyl (C=O) groups is 1. The number of thiol groups is 1. The summed E-state index contributed by atoms with van der Waals surface area (Å²) in [7, 11) is 5.37. The molecular formula is C31H42N4O3S. The van der Waals surface area contributed by atoms with Crippen molar-refractivity contribution in [2.45, 2.75) is 40.0 Å². The van der Waals surface area contributed by atoms with Gasteiger partial charge in [0.15, 0.2) is 0 Å². The van der Waals surface area contributed by atoms with Crippen molar-refractivity contribution in [1.82, 2.24) is 19.2 Å². The fraction of sp³-hybridized carbons (Fsp3) is 0.355. The Morgan fingerprint density at radius 3 is 2.46 bits per heavy atom. The molecule has 1 aliphatic rings. The first kappa shape index (κ1) is 31.7. The topological polar surface area (TPSA) is 81.7 Å². The van der Waals surface area contributed by atoms with Crippen LogP contribution in [0.4, 0.5) is 0 Å². The van der Waals surface area contributed by atoms with Crippen LogP contribution in [0.25, 0.3) is 27.7 Å². The number of phenols is 1. The fourth-order valence-corrected chi connectivity index (χ4v) is 4.28. The molecule has 7 nitrogen and oxygen atoms in total. The number of aromatic nitrogens is 2. The van der Waals surface area contributed by atoms with Crippen LogP contribution in [0.1, 0.15) is 56.0 Å². The fourth-order valence-electron chi connectivity index (χ4n) is 4.28. The molecule has 0 saturated carbocycles. The zero-order valence-electron chi connectivity index (χ0n) is 24.0. The molecule has 0 aliphatic carbocycles. The van der Waals surface area contributed by atoms with Gasteiger partial charge in [0.05, 0.1) is 12.7 Å². The summed E-state index contributed by atoms with van der Waals surface area (Å²) in [6.45, 7) is 11.3. The maximum Gasteiger partial charge on any atom is 0.257 e. The Morgan fingerprint density at radius 2 is 1.87 bits per heavy atom. The highest BCUT2D eigenvalue weighted by atomic mass is 32.1. The Hall–Kier alpha value is -3.49. The van der Waals surface area contributed by atoms with E-state index in [1.807, 2.05) is 46.3 Å². The lowest BCUT2D eigenvalue weighted by molar-refractivity contribution is 0.0790. The first-order valence-corrected chi connectivity index (χ1v) is 13.7. The van der Waals surface area contributed by atoms with Crippen molar-refractivity contribution in [1.29, 1.82) is 0 Å². The van der Waals surface area contributed by atoms with Gasteiger partial charge in [0, 0.05) is 47.6 Å². The zero-order valence-corrected chi connectivity index (χ0v) is 24.9. The molecule has 0 radical (unpaired) electrons. The van der Waals surface area contributed by atoms with Crippen molar-refractivity contribution in [2.24, 2.45) is 0 Å². The molecule has 0 atom stereocenters. The summed E-state index contributed by atoms with van der Waals surface area (Å²) >= 11 is 3.80. The van der Waals surface area contributed by atoms with Crippen LogP contribution in [0.15, 0.2) is 67.2 Å². The van der Waals surface area contributed by atoms with Crippen molar-refractivity contribution < 1.29 is 14.6 Å². The Morgan fingerprint density at radius 1 is 1.21 bits per heavy atom. The van der Waals surface area contributed by atoms with Gasteiger partial charge >= 0.3 is 0 Å². The quantitative estimate of drug-likeness (QED) is 0.166. The predicted octanol–water partition coefficient (Wildman–Crippen LogP) is 7.10. The summed E-state index contributed by atoms with van der Waals surface area (Å²) in [5.41, 5.74) is 4.71. The van der Waals surface area contributed by atoms with E-state index in [1.54, 1.807) is 40.7 Å². The number of amides is 1. The van der Waals surface area contributed by atoms with Crippen LogP contribution < -0.4 is 0 Å². The number of fused-ring (bicyclic) bond motifs is 1. The number of likely N-dealkylation sites (tertiary alicyclic amines) is 1. The maximum absolute atomic E-state index is 12.9. The van der Waals surface area contributed by atoms with E-state index in [0.717, 1.165) is 71.4 Å². The van der Waals surface area contributed by atoms with E-state index >= 15 is 0 Å². The number of pyridine rings is 1. The molecule has 1 aliphatic heterocycles. The van der Waals surface area contributed by atoms with Gasteiger partial charge in [0.1, 0.15) is 17.2 Å². The molecule has 0 spiro atoms. The summed E-state index contributed by atoms with van der Waals surface area (Å²) in [5.74, 6) is 0.594. The number of nitrogens with zero attached hydrogens (tertiary/aromatic N) is 3. The second-order valence-electron chi connectivity index (χ2n) is 8.90. The van der Waals surface area contributed by atoms with Crippen LogP contribution in [0, 0.1) is 0 Å². The van der Waals surface area contributed by atoms with Crippen molar-refractivity contribution in [2.75, 3.05) is 34.3 Å². The third-order valence-corrected chi connectivity index (χ3v) is 5.94. The molecule has 1 aromatic carbocycles. The number of aromatic hydroxyl groups is 1. The minimum absolute atomic E-state index is 0.000477. The largest absolute Gasteiger partial charge is 0.507 e. The minimum Gasteiger partial charge on any atom is -0.507 e. The van der Waals surface area contributed by atoms with Gasteiger partial charge in [0.2, 0.25) is 0 Å². The van der Waals surface area contributed by atoms with Gasteiger partial charge in [-0.2, -0.15) is 0 Å². The number of phenolic OH excluding ortho intramolecular Hbond substituents is 1. The van der Waals surface area contributed by atoms with Gasteiger partial charge in [-0.25, -0.2) is 4.98 Å². The molecule has 0 unspecified atom stereocenters. The first-order chi connectivity index (χ1) is 18.8. The smallest absolute Gasteiger partial charge is 0.257 e. The van der Waals surface area contributed by atoms with Gasteiger partial charge in [-0.05, 0) is 63.2 Å². The van der Waals surface area contributed by atoms with E-state index in [9.17, 15) is 9.90 Å². The average Bonchev–Trinajstić information content (AvgIpc) is 3.62. The standard InChI is InChI=1S/C27H29N3O3.C2H7NS.C2H6/c1-4-8-20(25(33-3)9-5-2)23-17-29-26-21(23)15-19(16-28-26)18-10-11-24(31)22(14-18)27(32)30-12-6-7-13-30;1-3(2)4;1-2/h5,8-11,14-17,31H,2,4,6-7,12-13H2,1,3H3,(H,28,29);4H,1-2H3;1-2H3/b20-8-,25-9+;;. The summed E-state index contributed by atoms with van der Waals surface area (Å²) in [4.78, 5) is 22.6. The van der Waals surface area contributed by atoms with Crippen LogP contribution in [0.3, 0.4) is 0 Å². The van der Waals surface area contributed by atoms with Crippen molar-refractivity contribution in [3.05, 3.63) is 78.4 Å². The molecular weight excluding hydrogens is 508 g/mol. The number of H-pyrrole nitrogens is 1. The van der Waals surface area contributed by atoms with Crippen LogP contribution in [-0.4, -0.2) is 64.5 Å². The monoisotopic (exact) mass is 550 g/mol. The van der Waals surface area contributed by atoms with E-state index in [2.05, 4.69) is 48.4 Å². The molecule has 2 N–H and O–H groups in total. The van der Waals surface area contributed by atoms with Crippen LogP contribution >= 0.6 is 12.8 Å². The lowest BCUT2D eigenvalue weighted by Crippen LogP contribution is -2.27. The summed E-state index contributed by atoms with van der Waals surface area (Å²) in [6.07, 6.45) is 12.2. The van der Waals surface area contributed by atoms with E-state index < -0.39 is 0 Å². The SMILES string of the molecule is C=C/C=C(OC)\C(=C/CC)c1c[nH]c2ncc(-c3ccc(O)c(C(=O)N4CCCC4)c3)cc12.CC.CN(C)S. The molecule has 4 rings (SSSR count). The zero-order chi connectivity index (χ0) is 28.9. The number of ether oxygens (including phenoxy) is 1. The minimum atomic E-state index is -0.129. The number of benzene rings is 1. The van der Waals surface area contributed by atoms with E-state index in [1.165, 1.54) is 0 Å². The summed E-state index contributed by atoms with van der Waals surface area (Å²) in [5, 5.41) is 11.3. The van der Waals surface area contributed by atoms with Crippen molar-refractivity contribution in [3.8, 4) is 16.9 Å². The number of rotatable bonds is 7. The molecule has 2 aromatic heterocycles. The average molecular weight is 551 g/mol. The second kappa shape index (κ2) is 15.8. The van der Waals surface area contributed by atoms with Gasteiger partial charge in [-0.3, -0.25) is 9.10 Å². The number of hydrogen-bond acceptors (Lipinski definition) is 6. The molecule has 1 saturated heterocycles. The summed E-state index contributed by atoms with van der Waals surface area (Å²) < 4.78 is 7.31. The molecule has 8 heteroatoms. The maximum atomic E-state index is 12.9. The predicted molar refractivity (Wildman–Crippen MR) is 166 cm³/mol. The highest BCUT2D eigenvalue weighted by Gasteiger charge is 2.23. The van der Waals surface area contributed by atoms with Gasteiger partial charge in [0.25, 0.3) is 5.91 Å². The second-order valence-corrected chi connectivity index (χ2v) is 9.70. The number of aromatic amines is 1. The lowest BCUT2D eigenvalue weighted by atomic mass is 9.99.